The second-order valence-corrected chi connectivity index (χ2v) is 7.28. The molecule has 2 rings (SSSR count). The molecule has 128 valence electrons. The van der Waals surface area contributed by atoms with Gasteiger partial charge in [-0.1, -0.05) is 12.1 Å². The summed E-state index contributed by atoms with van der Waals surface area (Å²) < 4.78 is 32.8. The van der Waals surface area contributed by atoms with E-state index in [0.717, 1.165) is 5.56 Å². The third-order valence-electron chi connectivity index (χ3n) is 3.62. The quantitative estimate of drug-likeness (QED) is 0.839. The van der Waals surface area contributed by atoms with Crippen molar-refractivity contribution >= 4 is 21.7 Å². The molecule has 1 N–H and O–H groups in total. The van der Waals surface area contributed by atoms with Gasteiger partial charge in [0.15, 0.2) is 0 Å². The summed E-state index contributed by atoms with van der Waals surface area (Å²) in [5.74, 6) is -0.426. The molecular weight excluding hydrogens is 326 g/mol. The van der Waals surface area contributed by atoms with E-state index in [0.29, 0.717) is 29.0 Å². The summed E-state index contributed by atoms with van der Waals surface area (Å²) in [5, 5.41) is 0. The number of rotatable bonds is 5. The van der Waals surface area contributed by atoms with Crippen molar-refractivity contribution in [1.82, 2.24) is 0 Å². The van der Waals surface area contributed by atoms with Gasteiger partial charge < -0.3 is 4.74 Å². The van der Waals surface area contributed by atoms with Gasteiger partial charge >= 0.3 is 5.97 Å². The number of carbonyl (C=O) groups excluding carboxylic acids is 1. The lowest BCUT2D eigenvalue weighted by molar-refractivity contribution is 0.0526. The van der Waals surface area contributed by atoms with Crippen LogP contribution in [0.25, 0.3) is 0 Å². The van der Waals surface area contributed by atoms with Crippen LogP contribution < -0.4 is 4.72 Å². The summed E-state index contributed by atoms with van der Waals surface area (Å²) in [6, 6.07) is 10.0. The van der Waals surface area contributed by atoms with Gasteiger partial charge in [0.2, 0.25) is 0 Å². The Hall–Kier alpha value is -2.34. The molecule has 2 aromatic rings. The second-order valence-electron chi connectivity index (χ2n) is 5.62. The molecule has 0 aliphatic rings. The fourth-order valence-electron chi connectivity index (χ4n) is 2.32. The third-order valence-corrected chi connectivity index (χ3v) is 5.12. The number of carbonyl (C=O) groups is 1. The molecule has 0 saturated carbocycles. The SMILES string of the molecule is CCOC(=O)c1ccc(NS(=O)(=O)c2cc(C)ccc2C)c(C)c1. The van der Waals surface area contributed by atoms with E-state index in [-0.39, 0.29) is 4.90 Å². The Morgan fingerprint density at radius 1 is 1.04 bits per heavy atom. The van der Waals surface area contributed by atoms with Crippen LogP contribution in [0.1, 0.15) is 34.0 Å². The van der Waals surface area contributed by atoms with E-state index in [1.165, 1.54) is 0 Å². The Morgan fingerprint density at radius 3 is 2.38 bits per heavy atom. The first-order valence-corrected chi connectivity index (χ1v) is 9.10. The first-order valence-electron chi connectivity index (χ1n) is 7.62. The Kier molecular flexibility index (Phi) is 5.29. The maximum Gasteiger partial charge on any atom is 0.338 e. The molecule has 0 heterocycles. The molecule has 0 bridgehead atoms. The van der Waals surface area contributed by atoms with Crippen LogP contribution >= 0.6 is 0 Å². The number of nitrogens with one attached hydrogen (secondary N) is 1. The zero-order valence-corrected chi connectivity index (χ0v) is 15.0. The summed E-state index contributed by atoms with van der Waals surface area (Å²) >= 11 is 0. The molecule has 24 heavy (non-hydrogen) atoms. The smallest absolute Gasteiger partial charge is 0.338 e. The van der Waals surface area contributed by atoms with Crippen molar-refractivity contribution in [1.29, 1.82) is 0 Å². The summed E-state index contributed by atoms with van der Waals surface area (Å²) in [5.41, 5.74) is 3.02. The number of hydrogen-bond donors (Lipinski definition) is 1. The van der Waals surface area contributed by atoms with Crippen LogP contribution in [0, 0.1) is 20.8 Å². The van der Waals surface area contributed by atoms with Crippen LogP contribution in [0.15, 0.2) is 41.3 Å². The number of hydrogen-bond acceptors (Lipinski definition) is 4. The molecule has 0 unspecified atom stereocenters. The summed E-state index contributed by atoms with van der Waals surface area (Å²) in [6.45, 7) is 7.36. The number of aryl methyl sites for hydroxylation is 3. The van der Waals surface area contributed by atoms with E-state index in [9.17, 15) is 13.2 Å². The molecule has 0 aliphatic heterocycles. The number of benzene rings is 2. The van der Waals surface area contributed by atoms with Gasteiger partial charge in [-0.25, -0.2) is 13.2 Å². The molecule has 0 spiro atoms. The van der Waals surface area contributed by atoms with Crippen molar-refractivity contribution in [3.8, 4) is 0 Å². The predicted octanol–water partition coefficient (Wildman–Crippen LogP) is 3.59. The minimum Gasteiger partial charge on any atom is -0.462 e. The highest BCUT2D eigenvalue weighted by molar-refractivity contribution is 7.92. The molecule has 0 aliphatic carbocycles. The van der Waals surface area contributed by atoms with Gasteiger partial charge in [0.05, 0.1) is 22.8 Å². The van der Waals surface area contributed by atoms with Crippen molar-refractivity contribution in [2.24, 2.45) is 0 Å². The Balaban J connectivity index is 2.33. The Labute approximate surface area is 142 Å². The minimum absolute atomic E-state index is 0.247. The van der Waals surface area contributed by atoms with Crippen LogP contribution in [-0.2, 0) is 14.8 Å². The number of sulfonamides is 1. The zero-order valence-electron chi connectivity index (χ0n) is 14.2. The van der Waals surface area contributed by atoms with Crippen molar-refractivity contribution < 1.29 is 17.9 Å². The zero-order chi connectivity index (χ0) is 17.9. The third kappa shape index (κ3) is 3.94. The fourth-order valence-corrected chi connectivity index (χ4v) is 3.78. The monoisotopic (exact) mass is 347 g/mol. The lowest BCUT2D eigenvalue weighted by atomic mass is 10.1. The molecule has 6 heteroatoms. The van der Waals surface area contributed by atoms with Crippen molar-refractivity contribution in [2.75, 3.05) is 11.3 Å². The number of ether oxygens (including phenoxy) is 1. The standard InChI is InChI=1S/C18H21NO4S/c1-5-23-18(20)15-8-9-16(14(4)11-15)19-24(21,22)17-10-12(2)6-7-13(17)3/h6-11,19H,5H2,1-4H3. The van der Waals surface area contributed by atoms with E-state index >= 15 is 0 Å². The molecule has 0 saturated heterocycles. The summed E-state index contributed by atoms with van der Waals surface area (Å²) in [6.07, 6.45) is 0. The Bertz CT molecular complexity index is 873. The highest BCUT2D eigenvalue weighted by atomic mass is 32.2. The van der Waals surface area contributed by atoms with Crippen molar-refractivity contribution in [3.05, 3.63) is 58.7 Å². The van der Waals surface area contributed by atoms with E-state index in [1.54, 1.807) is 51.1 Å². The Morgan fingerprint density at radius 2 is 1.75 bits per heavy atom. The van der Waals surface area contributed by atoms with Crippen LogP contribution in [0.3, 0.4) is 0 Å². The molecule has 0 amide bonds. The average Bonchev–Trinajstić information content (AvgIpc) is 2.51. The van der Waals surface area contributed by atoms with Gasteiger partial charge in [0.1, 0.15) is 0 Å². The molecule has 0 aromatic heterocycles. The van der Waals surface area contributed by atoms with Crippen LogP contribution in [0.5, 0.6) is 0 Å². The molecule has 0 radical (unpaired) electrons. The van der Waals surface area contributed by atoms with Crippen molar-refractivity contribution in [2.45, 2.75) is 32.6 Å². The van der Waals surface area contributed by atoms with E-state index in [2.05, 4.69) is 4.72 Å². The molecular formula is C18H21NO4S. The fraction of sp³-hybridized carbons (Fsp3) is 0.278. The lowest BCUT2D eigenvalue weighted by Crippen LogP contribution is -2.15. The normalized spacial score (nSPS) is 11.2. The maximum atomic E-state index is 12.6. The van der Waals surface area contributed by atoms with Gasteiger partial charge in [0.25, 0.3) is 10.0 Å². The summed E-state index contributed by atoms with van der Waals surface area (Å²) in [7, 11) is -3.70. The van der Waals surface area contributed by atoms with E-state index < -0.39 is 16.0 Å². The van der Waals surface area contributed by atoms with Gasteiger partial charge in [-0.15, -0.1) is 0 Å². The maximum absolute atomic E-state index is 12.6. The molecule has 2 aromatic carbocycles. The van der Waals surface area contributed by atoms with Crippen molar-refractivity contribution in [3.63, 3.8) is 0 Å². The first kappa shape index (κ1) is 18.0. The highest BCUT2D eigenvalue weighted by Crippen LogP contribution is 2.23. The average molecular weight is 347 g/mol. The van der Waals surface area contributed by atoms with Gasteiger partial charge in [-0.3, -0.25) is 4.72 Å². The first-order chi connectivity index (χ1) is 11.2. The van der Waals surface area contributed by atoms with Crippen LogP contribution in [0.2, 0.25) is 0 Å². The minimum atomic E-state index is -3.70. The largest absolute Gasteiger partial charge is 0.462 e. The van der Waals surface area contributed by atoms with E-state index in [1.807, 2.05) is 13.0 Å². The number of anilines is 1. The van der Waals surface area contributed by atoms with Gasteiger partial charge in [-0.2, -0.15) is 0 Å². The molecule has 5 nitrogen and oxygen atoms in total. The second kappa shape index (κ2) is 7.05. The predicted molar refractivity (Wildman–Crippen MR) is 93.9 cm³/mol. The molecule has 0 fully saturated rings. The summed E-state index contributed by atoms with van der Waals surface area (Å²) in [4.78, 5) is 12.0. The van der Waals surface area contributed by atoms with Crippen LogP contribution in [0.4, 0.5) is 5.69 Å². The topological polar surface area (TPSA) is 72.5 Å². The number of esters is 1. The highest BCUT2D eigenvalue weighted by Gasteiger charge is 2.18. The van der Waals surface area contributed by atoms with E-state index in [4.69, 9.17) is 4.74 Å². The lowest BCUT2D eigenvalue weighted by Gasteiger charge is -2.13. The van der Waals surface area contributed by atoms with Gasteiger partial charge in [-0.05, 0) is 68.7 Å². The molecule has 0 atom stereocenters. The van der Waals surface area contributed by atoms with Crippen LogP contribution in [-0.4, -0.2) is 21.0 Å². The van der Waals surface area contributed by atoms with Gasteiger partial charge in [0, 0.05) is 0 Å².